The molecule has 0 radical (unpaired) electrons. The molecule has 5 heteroatoms. The first-order valence-corrected chi connectivity index (χ1v) is 7.34. The molecule has 1 aromatic carbocycles. The van der Waals surface area contributed by atoms with Gasteiger partial charge < -0.3 is 15.4 Å². The first-order valence-electron chi connectivity index (χ1n) is 7.34. The number of halogens is 1. The molecule has 2 unspecified atom stereocenters. The Balaban J connectivity index is 0.00000220. The summed E-state index contributed by atoms with van der Waals surface area (Å²) in [5.41, 5.74) is 7.13. The number of carbonyl (C=O) groups excluding carboxylic acids is 1. The summed E-state index contributed by atoms with van der Waals surface area (Å²) in [4.78, 5) is 14.5. The molecule has 0 bridgehead atoms. The summed E-state index contributed by atoms with van der Waals surface area (Å²) < 4.78 is 5.02. The average molecular weight is 313 g/mol. The molecule has 118 valence electrons. The Morgan fingerprint density at radius 2 is 2.05 bits per heavy atom. The molecule has 2 atom stereocenters. The standard InChI is InChI=1S/C16H24N2O2.ClH/c1-20-12-14(17)16(19)18-11-7-3-6-10-15(18)13-8-4-2-5-9-13;/h2,4-5,8-9,14-15H,3,6-7,10-12,17H2,1H3;1H. The van der Waals surface area contributed by atoms with Crippen LogP contribution in [0.3, 0.4) is 0 Å². The Labute approximate surface area is 133 Å². The van der Waals surface area contributed by atoms with E-state index in [0.29, 0.717) is 0 Å². The molecule has 1 aliphatic heterocycles. The lowest BCUT2D eigenvalue weighted by molar-refractivity contribution is -0.136. The van der Waals surface area contributed by atoms with Crippen LogP contribution in [0.1, 0.15) is 37.3 Å². The molecule has 1 saturated heterocycles. The first-order chi connectivity index (χ1) is 9.74. The molecule has 0 aromatic heterocycles. The number of benzene rings is 1. The van der Waals surface area contributed by atoms with E-state index < -0.39 is 6.04 Å². The van der Waals surface area contributed by atoms with Gasteiger partial charge in [-0.1, -0.05) is 43.2 Å². The van der Waals surface area contributed by atoms with Crippen LogP contribution < -0.4 is 5.73 Å². The topological polar surface area (TPSA) is 55.6 Å². The van der Waals surface area contributed by atoms with Crippen molar-refractivity contribution in [3.63, 3.8) is 0 Å². The molecule has 0 aliphatic carbocycles. The van der Waals surface area contributed by atoms with E-state index in [0.717, 1.165) is 25.8 Å². The van der Waals surface area contributed by atoms with Gasteiger partial charge in [-0.05, 0) is 18.4 Å². The molecular weight excluding hydrogens is 288 g/mol. The maximum absolute atomic E-state index is 12.5. The van der Waals surface area contributed by atoms with E-state index in [2.05, 4.69) is 12.1 Å². The third-order valence-electron chi connectivity index (χ3n) is 3.88. The first kappa shape index (κ1) is 18.0. The largest absolute Gasteiger partial charge is 0.383 e. The summed E-state index contributed by atoms with van der Waals surface area (Å²) >= 11 is 0. The summed E-state index contributed by atoms with van der Waals surface area (Å²) in [6, 6.07) is 9.83. The smallest absolute Gasteiger partial charge is 0.242 e. The molecule has 1 aliphatic rings. The van der Waals surface area contributed by atoms with E-state index in [9.17, 15) is 4.79 Å². The van der Waals surface area contributed by atoms with Crippen LogP contribution in [-0.2, 0) is 9.53 Å². The zero-order chi connectivity index (χ0) is 14.4. The van der Waals surface area contributed by atoms with Crippen LogP contribution in [0.15, 0.2) is 30.3 Å². The van der Waals surface area contributed by atoms with Crippen molar-refractivity contribution in [2.45, 2.75) is 37.8 Å². The zero-order valence-corrected chi connectivity index (χ0v) is 13.3. The SMILES string of the molecule is COCC(N)C(=O)N1CCCCCC1c1ccccc1.Cl. The van der Waals surface area contributed by atoms with Crippen LogP contribution in [0, 0.1) is 0 Å². The van der Waals surface area contributed by atoms with Gasteiger partial charge in [0, 0.05) is 13.7 Å². The van der Waals surface area contributed by atoms with E-state index in [-0.39, 0.29) is 31.0 Å². The second kappa shape index (κ2) is 9.03. The molecule has 1 amide bonds. The van der Waals surface area contributed by atoms with Gasteiger partial charge in [0.2, 0.25) is 5.91 Å². The van der Waals surface area contributed by atoms with Crippen molar-refractivity contribution >= 4 is 18.3 Å². The summed E-state index contributed by atoms with van der Waals surface area (Å²) in [5, 5.41) is 0. The number of hydrogen-bond donors (Lipinski definition) is 1. The number of rotatable bonds is 4. The zero-order valence-electron chi connectivity index (χ0n) is 12.5. The molecule has 2 rings (SSSR count). The lowest BCUT2D eigenvalue weighted by atomic mass is 10.0. The Morgan fingerprint density at radius 3 is 2.71 bits per heavy atom. The van der Waals surface area contributed by atoms with E-state index in [1.807, 2.05) is 23.1 Å². The molecular formula is C16H25ClN2O2. The normalized spacial score (nSPS) is 20.3. The van der Waals surface area contributed by atoms with E-state index in [1.165, 1.54) is 12.0 Å². The third kappa shape index (κ3) is 4.70. The molecule has 2 N–H and O–H groups in total. The fourth-order valence-corrected chi connectivity index (χ4v) is 2.86. The van der Waals surface area contributed by atoms with E-state index >= 15 is 0 Å². The van der Waals surface area contributed by atoms with Gasteiger partial charge in [-0.2, -0.15) is 0 Å². The molecule has 1 heterocycles. The van der Waals surface area contributed by atoms with Gasteiger partial charge in [0.05, 0.1) is 12.6 Å². The van der Waals surface area contributed by atoms with Crippen molar-refractivity contribution in [2.24, 2.45) is 5.73 Å². The number of ether oxygens (including phenoxy) is 1. The third-order valence-corrected chi connectivity index (χ3v) is 3.88. The molecule has 0 spiro atoms. The van der Waals surface area contributed by atoms with E-state index in [4.69, 9.17) is 10.5 Å². The van der Waals surface area contributed by atoms with Crippen molar-refractivity contribution < 1.29 is 9.53 Å². The van der Waals surface area contributed by atoms with Crippen molar-refractivity contribution in [3.05, 3.63) is 35.9 Å². The number of likely N-dealkylation sites (tertiary alicyclic amines) is 1. The number of hydrogen-bond acceptors (Lipinski definition) is 3. The summed E-state index contributed by atoms with van der Waals surface area (Å²) in [6.07, 6.45) is 4.39. The molecule has 1 aromatic rings. The second-order valence-corrected chi connectivity index (χ2v) is 5.37. The van der Waals surface area contributed by atoms with Crippen LogP contribution in [0.2, 0.25) is 0 Å². The Bertz CT molecular complexity index is 428. The Kier molecular flexibility index (Phi) is 7.72. The van der Waals surface area contributed by atoms with Crippen molar-refractivity contribution in [3.8, 4) is 0 Å². The lowest BCUT2D eigenvalue weighted by Crippen LogP contribution is -2.47. The molecule has 0 saturated carbocycles. The highest BCUT2D eigenvalue weighted by atomic mass is 35.5. The average Bonchev–Trinajstić information content (AvgIpc) is 2.73. The number of nitrogens with zero attached hydrogens (tertiary/aromatic N) is 1. The van der Waals surface area contributed by atoms with Crippen LogP contribution >= 0.6 is 12.4 Å². The highest BCUT2D eigenvalue weighted by Gasteiger charge is 2.29. The molecule has 21 heavy (non-hydrogen) atoms. The van der Waals surface area contributed by atoms with Crippen LogP contribution in [0.5, 0.6) is 0 Å². The minimum absolute atomic E-state index is 0. The van der Waals surface area contributed by atoms with Crippen molar-refractivity contribution in [1.82, 2.24) is 4.90 Å². The monoisotopic (exact) mass is 312 g/mol. The highest BCUT2D eigenvalue weighted by molar-refractivity contribution is 5.85. The fourth-order valence-electron chi connectivity index (χ4n) is 2.86. The maximum atomic E-state index is 12.5. The van der Waals surface area contributed by atoms with Gasteiger partial charge in [0.25, 0.3) is 0 Å². The minimum Gasteiger partial charge on any atom is -0.383 e. The quantitative estimate of drug-likeness (QED) is 0.929. The number of amides is 1. The van der Waals surface area contributed by atoms with Crippen LogP contribution in [-0.4, -0.2) is 37.1 Å². The van der Waals surface area contributed by atoms with Gasteiger partial charge in [0.1, 0.15) is 6.04 Å². The van der Waals surface area contributed by atoms with E-state index in [1.54, 1.807) is 7.11 Å². The Hall–Kier alpha value is -1.10. The predicted octanol–water partition coefficient (Wildman–Crippen LogP) is 2.53. The van der Waals surface area contributed by atoms with Crippen molar-refractivity contribution in [2.75, 3.05) is 20.3 Å². The molecule has 4 nitrogen and oxygen atoms in total. The molecule has 1 fully saturated rings. The summed E-state index contributed by atoms with van der Waals surface area (Å²) in [6.45, 7) is 1.06. The predicted molar refractivity (Wildman–Crippen MR) is 86.5 cm³/mol. The number of nitrogens with two attached hydrogens (primary N) is 1. The fraction of sp³-hybridized carbons (Fsp3) is 0.562. The van der Waals surface area contributed by atoms with Gasteiger partial charge in [-0.15, -0.1) is 12.4 Å². The maximum Gasteiger partial charge on any atom is 0.242 e. The van der Waals surface area contributed by atoms with Gasteiger partial charge in [0.15, 0.2) is 0 Å². The number of methoxy groups -OCH3 is 1. The summed E-state index contributed by atoms with van der Waals surface area (Å²) in [7, 11) is 1.57. The number of carbonyl (C=O) groups is 1. The Morgan fingerprint density at radius 1 is 1.33 bits per heavy atom. The minimum atomic E-state index is -0.565. The van der Waals surface area contributed by atoms with Gasteiger partial charge >= 0.3 is 0 Å². The van der Waals surface area contributed by atoms with Gasteiger partial charge in [-0.25, -0.2) is 0 Å². The summed E-state index contributed by atoms with van der Waals surface area (Å²) in [5.74, 6) is 0.00241. The van der Waals surface area contributed by atoms with Gasteiger partial charge in [-0.3, -0.25) is 4.79 Å². The van der Waals surface area contributed by atoms with Crippen molar-refractivity contribution in [1.29, 1.82) is 0 Å². The highest BCUT2D eigenvalue weighted by Crippen LogP contribution is 2.30. The lowest BCUT2D eigenvalue weighted by Gasteiger charge is -2.32. The van der Waals surface area contributed by atoms with Crippen LogP contribution in [0.4, 0.5) is 0 Å². The second-order valence-electron chi connectivity index (χ2n) is 5.37. The van der Waals surface area contributed by atoms with Crippen LogP contribution in [0.25, 0.3) is 0 Å².